The Labute approximate surface area is 207 Å². The molecule has 1 atom stereocenters. The molecule has 1 fully saturated rings. The van der Waals surface area contributed by atoms with Crippen LogP contribution < -0.4 is 4.90 Å². The van der Waals surface area contributed by atoms with E-state index in [0.717, 1.165) is 5.56 Å². The first-order valence-corrected chi connectivity index (χ1v) is 11.8. The summed E-state index contributed by atoms with van der Waals surface area (Å²) in [5, 5.41) is 0. The molecule has 0 bridgehead atoms. The van der Waals surface area contributed by atoms with Crippen LogP contribution in [0.25, 0.3) is 5.70 Å². The first-order chi connectivity index (χ1) is 17.5. The SMILES string of the molecule is O=C(CN1CC=C(c2ccc(F)cc2)N=C1C1C=CC(F)=CC1)N1CCN(c2ccccn2)C(=O)C1. The second-order valence-corrected chi connectivity index (χ2v) is 8.79. The average molecular weight is 490 g/mol. The zero-order valence-corrected chi connectivity index (χ0v) is 19.6. The van der Waals surface area contributed by atoms with E-state index in [2.05, 4.69) is 4.98 Å². The maximum atomic E-state index is 13.6. The van der Waals surface area contributed by atoms with E-state index >= 15 is 0 Å². The Morgan fingerprint density at radius 3 is 2.58 bits per heavy atom. The monoisotopic (exact) mass is 489 g/mol. The lowest BCUT2D eigenvalue weighted by Gasteiger charge is -2.37. The number of amidine groups is 1. The third-order valence-electron chi connectivity index (χ3n) is 6.42. The summed E-state index contributed by atoms with van der Waals surface area (Å²) in [4.78, 5) is 40.0. The molecule has 0 radical (unpaired) electrons. The quantitative estimate of drug-likeness (QED) is 0.644. The molecule has 0 saturated carbocycles. The Morgan fingerprint density at radius 1 is 1.06 bits per heavy atom. The van der Waals surface area contributed by atoms with Crippen LogP contribution in [-0.4, -0.2) is 65.2 Å². The summed E-state index contributed by atoms with van der Waals surface area (Å²) >= 11 is 0. The van der Waals surface area contributed by atoms with E-state index in [0.29, 0.717) is 43.4 Å². The van der Waals surface area contributed by atoms with Crippen molar-refractivity contribution in [3.05, 3.63) is 90.2 Å². The maximum absolute atomic E-state index is 13.6. The fourth-order valence-electron chi connectivity index (χ4n) is 4.49. The predicted molar refractivity (Wildman–Crippen MR) is 133 cm³/mol. The number of amides is 2. The lowest BCUT2D eigenvalue weighted by atomic mass is 9.96. The number of allylic oxidation sites excluding steroid dienone is 3. The Hall–Kier alpha value is -4.14. The minimum Gasteiger partial charge on any atom is -0.346 e. The number of carbonyl (C=O) groups excluding carboxylic acids is 2. The van der Waals surface area contributed by atoms with Gasteiger partial charge in [-0.3, -0.25) is 14.5 Å². The van der Waals surface area contributed by atoms with Gasteiger partial charge in [-0.25, -0.2) is 18.8 Å². The minimum atomic E-state index is -0.333. The highest BCUT2D eigenvalue weighted by Crippen LogP contribution is 2.27. The van der Waals surface area contributed by atoms with Crippen LogP contribution in [-0.2, 0) is 9.59 Å². The molecule has 5 rings (SSSR count). The number of hydrogen-bond donors (Lipinski definition) is 0. The summed E-state index contributed by atoms with van der Waals surface area (Å²) in [6, 6.07) is 11.4. The van der Waals surface area contributed by atoms with E-state index in [-0.39, 0.29) is 42.5 Å². The molecule has 1 unspecified atom stereocenters. The number of carbonyl (C=O) groups is 2. The van der Waals surface area contributed by atoms with Crippen molar-refractivity contribution in [1.82, 2.24) is 14.8 Å². The van der Waals surface area contributed by atoms with Crippen LogP contribution in [0.3, 0.4) is 0 Å². The van der Waals surface area contributed by atoms with Crippen LogP contribution in [0.5, 0.6) is 0 Å². The molecule has 184 valence electrons. The fourth-order valence-corrected chi connectivity index (χ4v) is 4.49. The highest BCUT2D eigenvalue weighted by atomic mass is 19.1. The van der Waals surface area contributed by atoms with Crippen molar-refractivity contribution in [2.75, 3.05) is 37.6 Å². The molecule has 36 heavy (non-hydrogen) atoms. The van der Waals surface area contributed by atoms with Crippen LogP contribution in [0.4, 0.5) is 14.6 Å². The van der Waals surface area contributed by atoms with Gasteiger partial charge in [-0.05, 0) is 61.0 Å². The van der Waals surface area contributed by atoms with Gasteiger partial charge in [-0.15, -0.1) is 0 Å². The Morgan fingerprint density at radius 2 is 1.89 bits per heavy atom. The molecule has 7 nitrogen and oxygen atoms in total. The summed E-state index contributed by atoms with van der Waals surface area (Å²) in [5.74, 6) is 0.00609. The molecule has 0 spiro atoms. The van der Waals surface area contributed by atoms with Crippen LogP contribution in [0.1, 0.15) is 12.0 Å². The lowest BCUT2D eigenvalue weighted by Crippen LogP contribution is -2.55. The van der Waals surface area contributed by atoms with Gasteiger partial charge in [0.2, 0.25) is 11.8 Å². The van der Waals surface area contributed by atoms with Crippen molar-refractivity contribution in [2.45, 2.75) is 6.42 Å². The number of hydrogen-bond acceptors (Lipinski definition) is 5. The van der Waals surface area contributed by atoms with Crippen molar-refractivity contribution in [2.24, 2.45) is 10.9 Å². The Bertz CT molecular complexity index is 1270. The lowest BCUT2D eigenvalue weighted by molar-refractivity contribution is -0.137. The zero-order chi connectivity index (χ0) is 25.1. The minimum absolute atomic E-state index is 0.0241. The van der Waals surface area contributed by atoms with E-state index in [1.807, 2.05) is 17.0 Å². The Balaban J connectivity index is 1.31. The molecule has 2 aliphatic heterocycles. The first kappa shape index (κ1) is 23.6. The van der Waals surface area contributed by atoms with Gasteiger partial charge in [0.05, 0.1) is 12.2 Å². The molecule has 1 aliphatic carbocycles. The summed E-state index contributed by atoms with van der Waals surface area (Å²) in [5.41, 5.74) is 1.44. The van der Waals surface area contributed by atoms with Crippen molar-refractivity contribution < 1.29 is 18.4 Å². The van der Waals surface area contributed by atoms with Gasteiger partial charge in [0.15, 0.2) is 0 Å². The number of rotatable bonds is 5. The van der Waals surface area contributed by atoms with Gasteiger partial charge in [0.1, 0.15) is 29.8 Å². The van der Waals surface area contributed by atoms with Gasteiger partial charge in [0, 0.05) is 37.3 Å². The third kappa shape index (κ3) is 5.10. The normalized spacial score (nSPS) is 20.2. The number of piperazine rings is 1. The Kier molecular flexibility index (Phi) is 6.71. The number of nitrogens with zero attached hydrogens (tertiary/aromatic N) is 5. The van der Waals surface area contributed by atoms with Gasteiger partial charge in [-0.2, -0.15) is 0 Å². The summed E-state index contributed by atoms with van der Waals surface area (Å²) in [6.45, 7) is 1.20. The van der Waals surface area contributed by atoms with E-state index in [1.165, 1.54) is 24.3 Å². The highest BCUT2D eigenvalue weighted by Gasteiger charge is 2.31. The van der Waals surface area contributed by atoms with E-state index in [9.17, 15) is 18.4 Å². The van der Waals surface area contributed by atoms with Crippen molar-refractivity contribution in [1.29, 1.82) is 0 Å². The topological polar surface area (TPSA) is 69.1 Å². The van der Waals surface area contributed by atoms with Crippen LogP contribution >= 0.6 is 0 Å². The molecule has 2 amide bonds. The van der Waals surface area contributed by atoms with Gasteiger partial charge in [0.25, 0.3) is 0 Å². The van der Waals surface area contributed by atoms with Gasteiger partial charge < -0.3 is 9.80 Å². The van der Waals surface area contributed by atoms with Crippen LogP contribution in [0.2, 0.25) is 0 Å². The van der Waals surface area contributed by atoms with Crippen molar-refractivity contribution in [3.8, 4) is 0 Å². The second-order valence-electron chi connectivity index (χ2n) is 8.79. The molecule has 3 heterocycles. The number of benzene rings is 1. The van der Waals surface area contributed by atoms with E-state index in [4.69, 9.17) is 4.99 Å². The first-order valence-electron chi connectivity index (χ1n) is 11.8. The van der Waals surface area contributed by atoms with Gasteiger partial charge in [-0.1, -0.05) is 12.1 Å². The molecular formula is C27H25F2N5O2. The predicted octanol–water partition coefficient (Wildman–Crippen LogP) is 3.58. The molecule has 1 aromatic carbocycles. The van der Waals surface area contributed by atoms with E-state index < -0.39 is 0 Å². The highest BCUT2D eigenvalue weighted by molar-refractivity contribution is 5.99. The summed E-state index contributed by atoms with van der Waals surface area (Å²) in [7, 11) is 0. The smallest absolute Gasteiger partial charge is 0.247 e. The fraction of sp³-hybridized carbons (Fsp3) is 0.259. The van der Waals surface area contributed by atoms with Gasteiger partial charge >= 0.3 is 0 Å². The van der Waals surface area contributed by atoms with Crippen molar-refractivity contribution in [3.63, 3.8) is 0 Å². The van der Waals surface area contributed by atoms with E-state index in [1.54, 1.807) is 46.3 Å². The molecule has 9 heteroatoms. The third-order valence-corrected chi connectivity index (χ3v) is 6.42. The molecule has 2 aromatic rings. The number of pyridine rings is 1. The van der Waals surface area contributed by atoms with Crippen LogP contribution in [0, 0.1) is 11.7 Å². The molecule has 1 aromatic heterocycles. The van der Waals surface area contributed by atoms with Crippen LogP contribution in [0.15, 0.2) is 83.8 Å². The molecule has 0 N–H and O–H groups in total. The number of halogens is 2. The average Bonchev–Trinajstić information content (AvgIpc) is 2.90. The summed E-state index contributed by atoms with van der Waals surface area (Å²) < 4.78 is 27.0. The maximum Gasteiger partial charge on any atom is 0.247 e. The zero-order valence-electron chi connectivity index (χ0n) is 19.6. The largest absolute Gasteiger partial charge is 0.346 e. The number of aliphatic imine (C=N–C) groups is 1. The standard InChI is InChI=1S/C27H25F2N5O2/c28-21-8-4-19(5-9-21)23-12-14-33(27(31-23)20-6-10-22(29)11-7-20)17-25(35)32-15-16-34(26(36)18-32)24-3-1-2-13-30-24/h1-6,8-13,20H,7,14-18H2. The molecular weight excluding hydrogens is 464 g/mol. The van der Waals surface area contributed by atoms with Crippen molar-refractivity contribution >= 4 is 29.2 Å². The number of aromatic nitrogens is 1. The number of anilines is 1. The molecule has 1 saturated heterocycles. The second kappa shape index (κ2) is 10.2. The molecule has 3 aliphatic rings. The summed E-state index contributed by atoms with van der Waals surface area (Å²) in [6.07, 6.45) is 8.59.